The topological polar surface area (TPSA) is 103 Å². The van der Waals surface area contributed by atoms with Crippen molar-refractivity contribution in [3.63, 3.8) is 0 Å². The molecule has 0 fully saturated rings. The summed E-state index contributed by atoms with van der Waals surface area (Å²) in [6, 6.07) is 5.55. The van der Waals surface area contributed by atoms with Crippen LogP contribution in [0.1, 0.15) is 52.5 Å². The maximum Gasteiger partial charge on any atom is 0.224 e. The van der Waals surface area contributed by atoms with E-state index >= 15 is 0 Å². The number of methoxy groups -OCH3 is 2. The molecule has 1 aromatic rings. The highest BCUT2D eigenvalue weighted by Gasteiger charge is 2.29. The lowest BCUT2D eigenvalue weighted by atomic mass is 9.81. The summed E-state index contributed by atoms with van der Waals surface area (Å²) in [6.45, 7) is 9.63. The minimum Gasteiger partial charge on any atom is -0.493 e. The third kappa shape index (κ3) is 10.9. The van der Waals surface area contributed by atoms with Gasteiger partial charge in [0, 0.05) is 32.1 Å². The van der Waals surface area contributed by atoms with Crippen molar-refractivity contribution in [2.45, 2.75) is 65.5 Å². The maximum absolute atomic E-state index is 12.5. The number of aliphatic hydroxyl groups excluding tert-OH is 1. The van der Waals surface area contributed by atoms with Crippen molar-refractivity contribution >= 4 is 5.91 Å². The first-order valence-corrected chi connectivity index (χ1v) is 12.6. The second kappa shape index (κ2) is 16.4. The minimum absolute atomic E-state index is 0.0668. The predicted octanol–water partition coefficient (Wildman–Crippen LogP) is 3.42. The fourth-order valence-corrected chi connectivity index (χ4v) is 4.13. The second-order valence-electron chi connectivity index (χ2n) is 9.86. The van der Waals surface area contributed by atoms with Crippen LogP contribution in [0.3, 0.4) is 0 Å². The van der Waals surface area contributed by atoms with Gasteiger partial charge in [0.2, 0.25) is 5.91 Å². The van der Waals surface area contributed by atoms with Gasteiger partial charge in [0.1, 0.15) is 0 Å². The van der Waals surface area contributed by atoms with Crippen LogP contribution in [0.4, 0.5) is 0 Å². The van der Waals surface area contributed by atoms with Gasteiger partial charge in [-0.25, -0.2) is 0 Å². The van der Waals surface area contributed by atoms with E-state index in [1.165, 1.54) is 0 Å². The first-order chi connectivity index (χ1) is 16.6. The summed E-state index contributed by atoms with van der Waals surface area (Å²) >= 11 is 0. The van der Waals surface area contributed by atoms with Gasteiger partial charge >= 0.3 is 0 Å². The number of ether oxygens (including phenoxy) is 3. The molecular weight excluding hydrogens is 444 g/mol. The lowest BCUT2D eigenvalue weighted by molar-refractivity contribution is -0.127. The Hall–Kier alpha value is -2.27. The molecule has 4 N–H and O–H groups in total. The van der Waals surface area contributed by atoms with Gasteiger partial charge in [0.25, 0.3) is 0 Å². The van der Waals surface area contributed by atoms with E-state index < -0.39 is 12.1 Å². The monoisotopic (exact) mass is 490 g/mol. The van der Waals surface area contributed by atoms with Crippen LogP contribution in [0.25, 0.3) is 0 Å². The summed E-state index contributed by atoms with van der Waals surface area (Å²) in [5.74, 6) is 4.02. The Bertz CT molecular complexity index is 790. The molecule has 0 unspecified atom stereocenters. The molecule has 1 amide bonds. The van der Waals surface area contributed by atoms with E-state index in [0.29, 0.717) is 43.5 Å². The van der Waals surface area contributed by atoms with Crippen molar-refractivity contribution in [1.29, 1.82) is 0 Å². The number of hydrogen-bond acceptors (Lipinski definition) is 6. The highest BCUT2D eigenvalue weighted by atomic mass is 16.5. The number of amides is 1. The molecule has 0 saturated carbocycles. The van der Waals surface area contributed by atoms with Crippen LogP contribution in [-0.4, -0.2) is 57.1 Å². The quantitative estimate of drug-likeness (QED) is 0.228. The standard InChI is InChI=1S/C28H46N2O5/c1-8-12-30-28(32)23(20(4)5)18-25(31)24(29)17-22(19(2)3)15-21-10-11-26(34-7)27(16-21)35-14-9-13-33-6/h1,10-11,16,19-20,22-25,31H,9,12-15,17-18,29H2,2-7H3,(H,30,32)/t22-,23-,24-,25-/m0/s1. The molecule has 0 bridgehead atoms. The number of terminal acetylenes is 1. The van der Waals surface area contributed by atoms with E-state index in [1.807, 2.05) is 32.0 Å². The molecule has 0 spiro atoms. The van der Waals surface area contributed by atoms with Crippen molar-refractivity contribution in [1.82, 2.24) is 5.32 Å². The van der Waals surface area contributed by atoms with Crippen LogP contribution in [0.5, 0.6) is 11.5 Å². The summed E-state index contributed by atoms with van der Waals surface area (Å²) in [4.78, 5) is 12.5. The van der Waals surface area contributed by atoms with Crippen molar-refractivity contribution in [2.75, 3.05) is 34.0 Å². The maximum atomic E-state index is 12.5. The molecule has 0 saturated heterocycles. The zero-order valence-electron chi connectivity index (χ0n) is 22.4. The van der Waals surface area contributed by atoms with Crippen LogP contribution < -0.4 is 20.5 Å². The number of nitrogens with one attached hydrogen (secondary N) is 1. The van der Waals surface area contributed by atoms with Crippen molar-refractivity contribution in [3.05, 3.63) is 23.8 Å². The van der Waals surface area contributed by atoms with Crippen LogP contribution in [0, 0.1) is 36.0 Å². The molecule has 0 aliphatic heterocycles. The Kier molecular flexibility index (Phi) is 14.4. The molecule has 1 rings (SSSR count). The van der Waals surface area contributed by atoms with Gasteiger partial charge in [-0.2, -0.15) is 0 Å². The number of hydrogen-bond donors (Lipinski definition) is 3. The van der Waals surface area contributed by atoms with Crippen molar-refractivity contribution in [2.24, 2.45) is 29.4 Å². The second-order valence-corrected chi connectivity index (χ2v) is 9.86. The fourth-order valence-electron chi connectivity index (χ4n) is 4.13. The molecular formula is C28H46N2O5. The zero-order valence-corrected chi connectivity index (χ0v) is 22.4. The van der Waals surface area contributed by atoms with Crippen LogP contribution in [0.2, 0.25) is 0 Å². The Labute approximate surface area is 212 Å². The third-order valence-corrected chi connectivity index (χ3v) is 6.49. The van der Waals surface area contributed by atoms with E-state index in [4.69, 9.17) is 26.4 Å². The largest absolute Gasteiger partial charge is 0.493 e. The average molecular weight is 491 g/mol. The Morgan fingerprint density at radius 3 is 2.40 bits per heavy atom. The number of nitrogens with two attached hydrogens (primary N) is 1. The van der Waals surface area contributed by atoms with Crippen LogP contribution >= 0.6 is 0 Å². The fraction of sp³-hybridized carbons (Fsp3) is 0.679. The normalized spacial score (nSPS) is 14.8. The lowest BCUT2D eigenvalue weighted by Crippen LogP contribution is -2.42. The molecule has 0 heterocycles. The van der Waals surface area contributed by atoms with Crippen molar-refractivity contribution in [3.8, 4) is 23.8 Å². The summed E-state index contributed by atoms with van der Waals surface area (Å²) in [6.07, 6.45) is 7.02. The van der Waals surface area contributed by atoms with Gasteiger partial charge in [-0.1, -0.05) is 39.7 Å². The molecule has 0 radical (unpaired) electrons. The summed E-state index contributed by atoms with van der Waals surface area (Å²) in [5, 5.41) is 13.6. The third-order valence-electron chi connectivity index (χ3n) is 6.49. The lowest BCUT2D eigenvalue weighted by Gasteiger charge is -2.30. The molecule has 1 aromatic carbocycles. The molecule has 35 heavy (non-hydrogen) atoms. The first-order valence-electron chi connectivity index (χ1n) is 12.6. The summed E-state index contributed by atoms with van der Waals surface area (Å²) in [7, 11) is 3.30. The molecule has 4 atom stereocenters. The van der Waals surface area contributed by atoms with Crippen LogP contribution in [0.15, 0.2) is 18.2 Å². The number of carbonyl (C=O) groups is 1. The van der Waals surface area contributed by atoms with E-state index in [-0.39, 0.29) is 30.2 Å². The van der Waals surface area contributed by atoms with Gasteiger partial charge in [-0.05, 0) is 54.7 Å². The van der Waals surface area contributed by atoms with Gasteiger partial charge in [0.05, 0.1) is 26.4 Å². The van der Waals surface area contributed by atoms with E-state index in [9.17, 15) is 9.90 Å². The molecule has 7 heteroatoms. The molecule has 0 aromatic heterocycles. The highest BCUT2D eigenvalue weighted by molar-refractivity contribution is 5.79. The number of carbonyl (C=O) groups excluding carboxylic acids is 1. The Morgan fingerprint density at radius 2 is 1.83 bits per heavy atom. The summed E-state index contributed by atoms with van der Waals surface area (Å²) in [5.41, 5.74) is 7.58. The minimum atomic E-state index is -0.782. The van der Waals surface area contributed by atoms with Gasteiger partial charge < -0.3 is 30.4 Å². The van der Waals surface area contributed by atoms with Crippen molar-refractivity contribution < 1.29 is 24.1 Å². The molecule has 0 aliphatic rings. The smallest absolute Gasteiger partial charge is 0.224 e. The average Bonchev–Trinajstić information content (AvgIpc) is 2.82. The van der Waals surface area contributed by atoms with E-state index in [0.717, 1.165) is 18.4 Å². The molecule has 0 aliphatic carbocycles. The van der Waals surface area contributed by atoms with Gasteiger partial charge in [0.15, 0.2) is 11.5 Å². The Morgan fingerprint density at radius 1 is 1.11 bits per heavy atom. The Balaban J connectivity index is 2.85. The van der Waals surface area contributed by atoms with E-state index in [2.05, 4.69) is 25.1 Å². The highest BCUT2D eigenvalue weighted by Crippen LogP contribution is 2.31. The summed E-state index contributed by atoms with van der Waals surface area (Å²) < 4.78 is 16.5. The SMILES string of the molecule is C#CCNC(=O)[C@@H](C[C@H](O)[C@@H](N)C[C@H](Cc1ccc(OC)c(OCCCOC)c1)C(C)C)C(C)C. The zero-order chi connectivity index (χ0) is 26.4. The van der Waals surface area contributed by atoms with Gasteiger partial charge in [-0.3, -0.25) is 4.79 Å². The number of benzene rings is 1. The number of aliphatic hydroxyl groups is 1. The number of rotatable bonds is 17. The molecule has 7 nitrogen and oxygen atoms in total. The predicted molar refractivity (Wildman–Crippen MR) is 140 cm³/mol. The van der Waals surface area contributed by atoms with Gasteiger partial charge in [-0.15, -0.1) is 6.42 Å². The van der Waals surface area contributed by atoms with E-state index in [1.54, 1.807) is 14.2 Å². The first kappa shape index (κ1) is 30.8. The van der Waals surface area contributed by atoms with Crippen LogP contribution in [-0.2, 0) is 16.0 Å². The molecule has 198 valence electrons.